The van der Waals surface area contributed by atoms with Gasteiger partial charge in [0.15, 0.2) is 5.60 Å². The number of amides is 2. The highest BCUT2D eigenvalue weighted by Gasteiger charge is 2.61. The maximum atomic E-state index is 13.3. The number of hydrogen-bond acceptors (Lipinski definition) is 10. The molecule has 3 atom stereocenters. The fraction of sp³-hybridized carbons (Fsp3) is 0.370. The lowest BCUT2D eigenvalue weighted by molar-refractivity contribution is -0.182. The number of benzene rings is 1. The number of thiazole rings is 1. The molecule has 0 radical (unpaired) electrons. The van der Waals surface area contributed by atoms with Crippen LogP contribution < -0.4 is 20.9 Å². The molecule has 3 N–H and O–H groups in total. The minimum Gasteiger partial charge on any atom is -0.467 e. The summed E-state index contributed by atoms with van der Waals surface area (Å²) < 4.78 is 12.2. The molecule has 3 aromatic rings. The van der Waals surface area contributed by atoms with E-state index in [0.29, 0.717) is 31.7 Å². The number of piperidine rings is 1. The molecule has 1 saturated heterocycles. The van der Waals surface area contributed by atoms with Gasteiger partial charge in [-0.3, -0.25) is 10.3 Å². The molecule has 0 bridgehead atoms. The zero-order chi connectivity index (χ0) is 27.5. The van der Waals surface area contributed by atoms with Crippen molar-refractivity contribution in [2.45, 2.75) is 24.7 Å². The lowest BCUT2D eigenvalue weighted by Gasteiger charge is -2.53. The van der Waals surface area contributed by atoms with Crippen LogP contribution in [-0.2, 0) is 14.3 Å². The summed E-state index contributed by atoms with van der Waals surface area (Å²) in [4.78, 5) is 42.4. The molecule has 1 fully saturated rings. The average Bonchev–Trinajstić information content (AvgIpc) is 3.46. The van der Waals surface area contributed by atoms with E-state index in [1.165, 1.54) is 25.6 Å². The Hall–Kier alpha value is -3.87. The van der Waals surface area contributed by atoms with Crippen LogP contribution in [0.5, 0.6) is 0 Å². The van der Waals surface area contributed by atoms with Crippen molar-refractivity contribution in [3.63, 3.8) is 0 Å². The molecule has 2 aliphatic heterocycles. The molecule has 2 amide bonds. The van der Waals surface area contributed by atoms with Crippen molar-refractivity contribution in [2.24, 2.45) is 10.9 Å². The topological polar surface area (TPSA) is 130 Å². The smallest absolute Gasteiger partial charge is 0.338 e. The fourth-order valence-electron chi connectivity index (χ4n) is 5.43. The lowest BCUT2D eigenvalue weighted by atomic mass is 9.75. The van der Waals surface area contributed by atoms with Crippen molar-refractivity contribution in [1.29, 1.82) is 0 Å². The Morgan fingerprint density at radius 3 is 2.87 bits per heavy atom. The number of nitrogens with one attached hydrogen (secondary N) is 3. The van der Waals surface area contributed by atoms with Crippen molar-refractivity contribution in [3.8, 4) is 11.3 Å². The Bertz CT molecular complexity index is 1410. The summed E-state index contributed by atoms with van der Waals surface area (Å²) in [5, 5.41) is 9.25. The van der Waals surface area contributed by atoms with Gasteiger partial charge in [-0.1, -0.05) is 6.07 Å². The van der Waals surface area contributed by atoms with E-state index in [4.69, 9.17) is 14.5 Å². The SMILES string of the molecule is CCNC(=O)NC1(C2CNCCC2(OC)C(=O)OC)N=CC=CN1c1cc(-c2ccccn2)c2scnc2c1. The van der Waals surface area contributed by atoms with E-state index < -0.39 is 29.3 Å². The largest absolute Gasteiger partial charge is 0.467 e. The third kappa shape index (κ3) is 4.64. The number of rotatable bonds is 7. The number of carbonyl (C=O) groups excluding carboxylic acids is 2. The Labute approximate surface area is 230 Å². The number of hydrogen-bond donors (Lipinski definition) is 3. The van der Waals surface area contributed by atoms with Gasteiger partial charge in [0.05, 0.1) is 34.4 Å². The van der Waals surface area contributed by atoms with E-state index in [1.54, 1.807) is 24.0 Å². The summed E-state index contributed by atoms with van der Waals surface area (Å²) in [7, 11) is 2.82. The number of nitrogens with zero attached hydrogens (tertiary/aromatic N) is 4. The number of aliphatic imine (C=N–C) groups is 1. The first kappa shape index (κ1) is 26.7. The molecule has 5 rings (SSSR count). The van der Waals surface area contributed by atoms with Gasteiger partial charge in [0.25, 0.3) is 0 Å². The lowest BCUT2D eigenvalue weighted by Crippen LogP contribution is -2.74. The van der Waals surface area contributed by atoms with Crippen molar-refractivity contribution >= 4 is 45.5 Å². The van der Waals surface area contributed by atoms with Crippen LogP contribution in [-0.4, -0.2) is 73.4 Å². The molecule has 12 heteroatoms. The van der Waals surface area contributed by atoms with Crippen LogP contribution in [0.4, 0.5) is 10.5 Å². The summed E-state index contributed by atoms with van der Waals surface area (Å²) in [5.74, 6) is -2.68. The molecule has 39 heavy (non-hydrogen) atoms. The number of carbonyl (C=O) groups is 2. The van der Waals surface area contributed by atoms with E-state index in [-0.39, 0.29) is 0 Å². The first-order chi connectivity index (χ1) is 19.0. The summed E-state index contributed by atoms with van der Waals surface area (Å²) >= 11 is 1.53. The van der Waals surface area contributed by atoms with Gasteiger partial charge < -0.3 is 25.0 Å². The van der Waals surface area contributed by atoms with Crippen LogP contribution in [0.25, 0.3) is 21.5 Å². The Kier molecular flexibility index (Phi) is 7.60. The van der Waals surface area contributed by atoms with Crippen molar-refractivity contribution in [3.05, 3.63) is 54.3 Å². The summed E-state index contributed by atoms with van der Waals surface area (Å²) in [6.07, 6.45) is 7.32. The molecule has 2 aliphatic rings. The van der Waals surface area contributed by atoms with Gasteiger partial charge in [0.2, 0.25) is 5.79 Å². The molecule has 1 aromatic carbocycles. The molecule has 204 valence electrons. The zero-order valence-corrected chi connectivity index (χ0v) is 22.8. The van der Waals surface area contributed by atoms with Crippen LogP contribution in [0.1, 0.15) is 13.3 Å². The standard InChI is InChI=1S/C27H31N7O4S/c1-4-29-25(36)33-27(22-16-28-12-9-26(22,38-3)24(35)37-2)32-11-7-13-34(27)18-14-19(20-8-5-6-10-30-20)23-21(15-18)31-17-39-23/h5-8,10-11,13-15,17,22,28H,4,9,12,16H2,1-3H3,(H2,29,33,36). The molecule has 0 saturated carbocycles. The maximum Gasteiger partial charge on any atom is 0.338 e. The maximum absolute atomic E-state index is 13.3. The van der Waals surface area contributed by atoms with Gasteiger partial charge in [0.1, 0.15) is 0 Å². The molecular weight excluding hydrogens is 518 g/mol. The second-order valence-corrected chi connectivity index (χ2v) is 10.1. The zero-order valence-electron chi connectivity index (χ0n) is 22.0. The van der Waals surface area contributed by atoms with E-state index in [9.17, 15) is 9.59 Å². The van der Waals surface area contributed by atoms with E-state index in [1.807, 2.05) is 48.4 Å². The predicted molar refractivity (Wildman–Crippen MR) is 151 cm³/mol. The number of urea groups is 1. The minimum absolute atomic E-state index is 0.322. The van der Waals surface area contributed by atoms with Crippen LogP contribution in [0.3, 0.4) is 0 Å². The first-order valence-corrected chi connectivity index (χ1v) is 13.6. The highest BCUT2D eigenvalue weighted by atomic mass is 32.1. The van der Waals surface area contributed by atoms with Gasteiger partial charge >= 0.3 is 12.0 Å². The molecule has 11 nitrogen and oxygen atoms in total. The van der Waals surface area contributed by atoms with E-state index in [2.05, 4.69) is 25.9 Å². The van der Waals surface area contributed by atoms with Crippen LogP contribution in [0.15, 0.2) is 59.3 Å². The molecule has 2 aromatic heterocycles. The highest BCUT2D eigenvalue weighted by molar-refractivity contribution is 7.17. The number of pyridine rings is 1. The summed E-state index contributed by atoms with van der Waals surface area (Å²) in [5.41, 5.74) is 3.59. The summed E-state index contributed by atoms with van der Waals surface area (Å²) in [6, 6.07) is 9.26. The molecule has 0 spiro atoms. The van der Waals surface area contributed by atoms with Gasteiger partial charge in [-0.05, 0) is 43.8 Å². The van der Waals surface area contributed by atoms with Gasteiger partial charge in [-0.25, -0.2) is 19.6 Å². The Morgan fingerprint density at radius 2 is 2.13 bits per heavy atom. The highest BCUT2D eigenvalue weighted by Crippen LogP contribution is 2.44. The molecule has 4 heterocycles. The molecule has 3 unspecified atom stereocenters. The number of ether oxygens (including phenoxy) is 2. The van der Waals surface area contributed by atoms with Crippen LogP contribution in [0.2, 0.25) is 0 Å². The Balaban J connectivity index is 1.73. The number of methoxy groups -OCH3 is 2. The number of aromatic nitrogens is 2. The Morgan fingerprint density at radius 1 is 1.26 bits per heavy atom. The minimum atomic E-state index is -1.46. The fourth-order valence-corrected chi connectivity index (χ4v) is 6.22. The first-order valence-electron chi connectivity index (χ1n) is 12.7. The normalized spacial score (nSPS) is 24.5. The van der Waals surface area contributed by atoms with Gasteiger partial charge in [-0.15, -0.1) is 11.3 Å². The number of esters is 1. The van der Waals surface area contributed by atoms with Crippen LogP contribution in [0, 0.1) is 5.92 Å². The second-order valence-electron chi connectivity index (χ2n) is 9.20. The summed E-state index contributed by atoms with van der Waals surface area (Å²) in [6.45, 7) is 3.10. The number of fused-ring (bicyclic) bond motifs is 1. The van der Waals surface area contributed by atoms with E-state index in [0.717, 1.165) is 21.5 Å². The van der Waals surface area contributed by atoms with Gasteiger partial charge in [-0.2, -0.15) is 0 Å². The van der Waals surface area contributed by atoms with Crippen molar-refractivity contribution in [2.75, 3.05) is 38.8 Å². The number of allylic oxidation sites excluding steroid dienone is 1. The second kappa shape index (κ2) is 11.1. The van der Waals surface area contributed by atoms with E-state index >= 15 is 0 Å². The number of anilines is 1. The molecule has 0 aliphatic carbocycles. The molecular formula is C27H31N7O4S. The van der Waals surface area contributed by atoms with Crippen molar-refractivity contribution < 1.29 is 19.1 Å². The third-order valence-corrected chi connectivity index (χ3v) is 8.07. The van der Waals surface area contributed by atoms with Crippen molar-refractivity contribution in [1.82, 2.24) is 25.9 Å². The van der Waals surface area contributed by atoms with Crippen LogP contribution >= 0.6 is 11.3 Å². The monoisotopic (exact) mass is 549 g/mol. The predicted octanol–water partition coefficient (Wildman–Crippen LogP) is 2.90. The average molecular weight is 550 g/mol. The third-order valence-electron chi connectivity index (χ3n) is 7.20. The van der Waals surface area contributed by atoms with Gasteiger partial charge in [0, 0.05) is 56.5 Å². The quantitative estimate of drug-likeness (QED) is 0.384.